The van der Waals surface area contributed by atoms with E-state index in [2.05, 4.69) is 27.7 Å². The normalized spacial score (nSPS) is 9.43. The predicted molar refractivity (Wildman–Crippen MR) is 27.3 cm³/mol. The Hall–Kier alpha value is -0.140. The number of hydrogen-bond donors (Lipinski definition) is 0. The Morgan fingerprint density at radius 1 is 0.857 bits per heavy atom. The third-order valence-electron chi connectivity index (χ3n) is 0. The Labute approximate surface area is 43.4 Å². The molecule has 0 fully saturated rings. The third kappa shape index (κ3) is 4450. The molecule has 46 valence electrons. The van der Waals surface area contributed by atoms with Crippen molar-refractivity contribution in [1.29, 1.82) is 0 Å². The molecule has 0 amide bonds. The van der Waals surface area contributed by atoms with E-state index in [-0.39, 0.29) is 0 Å². The van der Waals surface area contributed by atoms with Crippen LogP contribution < -0.4 is 0 Å². The minimum atomic E-state index is 0.500. The summed E-state index contributed by atoms with van der Waals surface area (Å²) in [6.45, 7) is 8.75. The molecule has 0 atom stereocenters. The molecular formula is C5H12F2. The first kappa shape index (κ1) is 9.97. The molecule has 0 spiro atoms. The molecule has 0 aliphatic rings. The van der Waals surface area contributed by atoms with Gasteiger partial charge in [-0.2, -0.15) is 0 Å². The summed E-state index contributed by atoms with van der Waals surface area (Å²) < 4.78 is 16.0. The molecule has 0 aromatic heterocycles. The van der Waals surface area contributed by atoms with Crippen LogP contribution in [0.2, 0.25) is 0 Å². The Morgan fingerprint density at radius 3 is 0.857 bits per heavy atom. The van der Waals surface area contributed by atoms with E-state index in [1.807, 2.05) is 0 Å². The zero-order valence-corrected chi connectivity index (χ0v) is 5.26. The minimum Gasteiger partial charge on any atom is -0.0604 e. The molecule has 0 rings (SSSR count). The van der Waals surface area contributed by atoms with Gasteiger partial charge in [0, 0.05) is 9.15 Å². The molecule has 0 saturated carbocycles. The van der Waals surface area contributed by atoms with Crippen LogP contribution in [0.4, 0.5) is 9.15 Å². The van der Waals surface area contributed by atoms with Gasteiger partial charge in [-0.15, -0.1) is 0 Å². The van der Waals surface area contributed by atoms with Crippen molar-refractivity contribution in [3.63, 3.8) is 0 Å². The second-order valence-corrected chi connectivity index (χ2v) is 3.00. The Balaban J connectivity index is 0. The van der Waals surface area contributed by atoms with Gasteiger partial charge in [-0.3, -0.25) is 0 Å². The van der Waals surface area contributed by atoms with Gasteiger partial charge >= 0.3 is 0 Å². The fourth-order valence-electron chi connectivity index (χ4n) is 0. The molecule has 0 unspecified atom stereocenters. The van der Waals surface area contributed by atoms with Crippen LogP contribution >= 0.6 is 0 Å². The Morgan fingerprint density at radius 2 is 0.857 bits per heavy atom. The van der Waals surface area contributed by atoms with Crippen LogP contribution in [0.5, 0.6) is 0 Å². The zero-order valence-electron chi connectivity index (χ0n) is 5.26. The van der Waals surface area contributed by atoms with Crippen molar-refractivity contribution >= 4 is 0 Å². The SMILES string of the molecule is CC(C)(C)C.FF. The Kier molecular flexibility index (Phi) is 5.74. The lowest BCUT2D eigenvalue weighted by atomic mass is 10.0. The molecule has 0 radical (unpaired) electrons. The van der Waals surface area contributed by atoms with Crippen molar-refractivity contribution in [1.82, 2.24) is 0 Å². The second-order valence-electron chi connectivity index (χ2n) is 3.00. The van der Waals surface area contributed by atoms with Gasteiger partial charge in [-0.25, -0.2) is 0 Å². The minimum absolute atomic E-state index is 0.500. The predicted octanol–water partition coefficient (Wildman–Crippen LogP) is 2.89. The number of rotatable bonds is 0. The van der Waals surface area contributed by atoms with Crippen LogP contribution in [0.25, 0.3) is 0 Å². The molecule has 0 nitrogen and oxygen atoms in total. The lowest BCUT2D eigenvalue weighted by Crippen LogP contribution is -1.93. The maximum atomic E-state index is 8.00. The van der Waals surface area contributed by atoms with Crippen molar-refractivity contribution < 1.29 is 9.15 Å². The van der Waals surface area contributed by atoms with Gasteiger partial charge in [-0.05, 0) is 5.41 Å². The summed E-state index contributed by atoms with van der Waals surface area (Å²) in [5.74, 6) is 0. The lowest BCUT2D eigenvalue weighted by Gasteiger charge is -2.05. The first-order valence-electron chi connectivity index (χ1n) is 2.14. The quantitative estimate of drug-likeness (QED) is 0.449. The van der Waals surface area contributed by atoms with E-state index < -0.39 is 0 Å². The Bertz CT molecular complexity index is 21.6. The van der Waals surface area contributed by atoms with Crippen LogP contribution in [-0.4, -0.2) is 0 Å². The smallest absolute Gasteiger partial charge is 0 e. The van der Waals surface area contributed by atoms with Gasteiger partial charge in [0.1, 0.15) is 0 Å². The summed E-state index contributed by atoms with van der Waals surface area (Å²) in [5.41, 5.74) is 0.500. The molecule has 0 heterocycles. The van der Waals surface area contributed by atoms with Gasteiger partial charge in [0.2, 0.25) is 0 Å². The first-order valence-corrected chi connectivity index (χ1v) is 2.14. The highest BCUT2D eigenvalue weighted by Gasteiger charge is 1.95. The van der Waals surface area contributed by atoms with Gasteiger partial charge in [0.15, 0.2) is 0 Å². The molecule has 7 heavy (non-hydrogen) atoms. The van der Waals surface area contributed by atoms with Crippen LogP contribution in [0.3, 0.4) is 0 Å². The van der Waals surface area contributed by atoms with Gasteiger partial charge in [0.25, 0.3) is 0 Å². The van der Waals surface area contributed by atoms with E-state index >= 15 is 0 Å². The summed E-state index contributed by atoms with van der Waals surface area (Å²) in [6, 6.07) is 0. The summed E-state index contributed by atoms with van der Waals surface area (Å²) in [7, 11) is 0. The highest BCUT2D eigenvalue weighted by Crippen LogP contribution is 2.07. The fourth-order valence-corrected chi connectivity index (χ4v) is 0. The number of halogens is 2. The molecular weight excluding hydrogens is 98.1 g/mol. The molecule has 0 aromatic rings. The average molecular weight is 110 g/mol. The fraction of sp³-hybridized carbons (Fsp3) is 1.00. The van der Waals surface area contributed by atoms with Crippen molar-refractivity contribution in [3.05, 3.63) is 0 Å². The molecule has 0 bridgehead atoms. The van der Waals surface area contributed by atoms with Crippen LogP contribution in [-0.2, 0) is 0 Å². The van der Waals surface area contributed by atoms with Crippen molar-refractivity contribution in [2.45, 2.75) is 27.7 Å². The van der Waals surface area contributed by atoms with Crippen LogP contribution in [0, 0.1) is 5.41 Å². The maximum absolute atomic E-state index is 8.00. The van der Waals surface area contributed by atoms with E-state index in [4.69, 9.17) is 9.15 Å². The standard InChI is InChI=1S/C5H12.F2/c1-5(2,3)4;1-2/h1-4H3;. The van der Waals surface area contributed by atoms with E-state index in [1.165, 1.54) is 0 Å². The third-order valence-corrected chi connectivity index (χ3v) is 0. The van der Waals surface area contributed by atoms with E-state index in [1.54, 1.807) is 0 Å². The van der Waals surface area contributed by atoms with Crippen LogP contribution in [0.15, 0.2) is 0 Å². The summed E-state index contributed by atoms with van der Waals surface area (Å²) in [6.07, 6.45) is 0. The molecule has 2 heteroatoms. The first-order chi connectivity index (χ1) is 3.00. The van der Waals surface area contributed by atoms with E-state index in [0.717, 1.165) is 0 Å². The van der Waals surface area contributed by atoms with E-state index in [9.17, 15) is 0 Å². The number of hydrogen-bond acceptors (Lipinski definition) is 0. The molecule has 0 N–H and O–H groups in total. The molecule has 0 saturated heterocycles. The largest absolute Gasteiger partial charge is 0.0604 e. The monoisotopic (exact) mass is 110 g/mol. The van der Waals surface area contributed by atoms with Crippen LogP contribution in [0.1, 0.15) is 27.7 Å². The van der Waals surface area contributed by atoms with Gasteiger partial charge < -0.3 is 0 Å². The van der Waals surface area contributed by atoms with Crippen molar-refractivity contribution in [3.8, 4) is 0 Å². The molecule has 0 aliphatic heterocycles. The molecule has 0 aromatic carbocycles. The average Bonchev–Trinajstić information content (AvgIpc) is 1.36. The topological polar surface area (TPSA) is 0 Å². The van der Waals surface area contributed by atoms with Crippen molar-refractivity contribution in [2.24, 2.45) is 5.41 Å². The van der Waals surface area contributed by atoms with Crippen molar-refractivity contribution in [2.75, 3.05) is 0 Å². The van der Waals surface area contributed by atoms with Gasteiger partial charge in [-0.1, -0.05) is 27.7 Å². The summed E-state index contributed by atoms with van der Waals surface area (Å²) in [4.78, 5) is 0. The highest BCUT2D eigenvalue weighted by molar-refractivity contribution is 4.47. The second kappa shape index (κ2) is 4.03. The molecule has 0 aliphatic carbocycles. The highest BCUT2D eigenvalue weighted by atomic mass is 20.0. The lowest BCUT2D eigenvalue weighted by molar-refractivity contribution is 0.108. The maximum Gasteiger partial charge on any atom is 0 e. The zero-order chi connectivity index (χ0) is 6.50. The van der Waals surface area contributed by atoms with E-state index in [0.29, 0.717) is 5.41 Å². The van der Waals surface area contributed by atoms with Gasteiger partial charge in [0.05, 0.1) is 0 Å². The summed E-state index contributed by atoms with van der Waals surface area (Å²) in [5, 5.41) is 0. The summed E-state index contributed by atoms with van der Waals surface area (Å²) >= 11 is 0.